The average Bonchev–Trinajstić information content (AvgIpc) is 3.72. The maximum absolute atomic E-state index is 13.7. The first-order valence-corrected chi connectivity index (χ1v) is 12.8. The smallest absolute Gasteiger partial charge is 0.295 e. The van der Waals surface area contributed by atoms with Crippen molar-refractivity contribution < 1.29 is 18.6 Å². The Bertz CT molecular complexity index is 1430. The van der Waals surface area contributed by atoms with E-state index < -0.39 is 18.4 Å². The second-order valence-corrected chi connectivity index (χ2v) is 10.4. The van der Waals surface area contributed by atoms with Gasteiger partial charge >= 0.3 is 0 Å². The number of nitrogens with zero attached hydrogens (tertiary/aromatic N) is 4. The number of ether oxygens (including phenoxy) is 1. The van der Waals surface area contributed by atoms with Gasteiger partial charge in [0.15, 0.2) is 5.82 Å². The molecule has 6 rings (SSSR count). The van der Waals surface area contributed by atoms with Crippen LogP contribution in [0.1, 0.15) is 25.7 Å². The van der Waals surface area contributed by atoms with Crippen LogP contribution in [-0.4, -0.2) is 57.4 Å². The van der Waals surface area contributed by atoms with Crippen LogP contribution in [0.15, 0.2) is 29.2 Å². The summed E-state index contributed by atoms with van der Waals surface area (Å²) < 4.78 is 35.0. The van der Waals surface area contributed by atoms with Gasteiger partial charge in [0.25, 0.3) is 11.5 Å². The molecule has 1 saturated carbocycles. The molecule has 0 radical (unpaired) electrons. The Balaban J connectivity index is 1.34. The minimum atomic E-state index is -3.14. The van der Waals surface area contributed by atoms with E-state index in [-0.39, 0.29) is 35.7 Å². The first-order chi connectivity index (χ1) is 17.7. The lowest BCUT2D eigenvalue weighted by atomic mass is 10.0. The van der Waals surface area contributed by atoms with Gasteiger partial charge in [-0.3, -0.25) is 4.79 Å². The highest BCUT2D eigenvalue weighted by molar-refractivity contribution is 6.32. The summed E-state index contributed by atoms with van der Waals surface area (Å²) in [6.07, 6.45) is 2.28. The number of rotatable bonds is 4. The molecule has 0 bridgehead atoms. The third kappa shape index (κ3) is 4.44. The molecular weight excluding hydrogens is 506 g/mol. The van der Waals surface area contributed by atoms with Gasteiger partial charge in [0, 0.05) is 43.5 Å². The van der Waals surface area contributed by atoms with Crippen LogP contribution in [0.25, 0.3) is 10.9 Å². The number of nitrogens with one attached hydrogen (secondary N) is 2. The van der Waals surface area contributed by atoms with E-state index in [0.29, 0.717) is 35.5 Å². The normalized spacial score (nSPS) is 23.1. The fourth-order valence-electron chi connectivity index (χ4n) is 5.07. The summed E-state index contributed by atoms with van der Waals surface area (Å²) in [5.74, 6) is -1.74. The van der Waals surface area contributed by atoms with Gasteiger partial charge in [-0.2, -0.15) is 4.98 Å². The Hall–Kier alpha value is -3.18. The second kappa shape index (κ2) is 8.98. The molecule has 1 saturated heterocycles. The fourth-order valence-corrected chi connectivity index (χ4v) is 5.21. The molecule has 0 spiro atoms. The predicted octanol–water partition coefficient (Wildman–Crippen LogP) is 3.90. The number of β-amino-alcohol motifs (C(OH)–C–C–N with tert-alkyl or cyclic N) is 1. The second-order valence-electron chi connectivity index (χ2n) is 9.99. The van der Waals surface area contributed by atoms with Crippen LogP contribution in [-0.2, 0) is 7.05 Å². The summed E-state index contributed by atoms with van der Waals surface area (Å²) in [4.78, 5) is 23.2. The summed E-state index contributed by atoms with van der Waals surface area (Å²) >= 11 is 6.37. The van der Waals surface area contributed by atoms with Gasteiger partial charge in [-0.15, -0.1) is 0 Å². The van der Waals surface area contributed by atoms with E-state index in [1.807, 2.05) is 18.2 Å². The SMILES string of the molecule is Cn1c(=O)c2c(c3cc(Nc4nc(N5CCC(F)(F)C(O)C5)ncc4Cl)ccc31)NC(C1CC1)CCO2. The van der Waals surface area contributed by atoms with E-state index in [2.05, 4.69) is 20.6 Å². The van der Waals surface area contributed by atoms with Gasteiger partial charge < -0.3 is 29.9 Å². The maximum Gasteiger partial charge on any atom is 0.295 e. The van der Waals surface area contributed by atoms with Crippen LogP contribution >= 0.6 is 11.6 Å². The first kappa shape index (κ1) is 24.2. The molecule has 0 amide bonds. The van der Waals surface area contributed by atoms with Crippen LogP contribution in [0.3, 0.4) is 0 Å². The Morgan fingerprint density at radius 3 is 2.86 bits per heavy atom. The van der Waals surface area contributed by atoms with E-state index in [9.17, 15) is 18.7 Å². The van der Waals surface area contributed by atoms with Crippen molar-refractivity contribution in [1.82, 2.24) is 14.5 Å². The van der Waals surface area contributed by atoms with Crippen LogP contribution < -0.4 is 25.8 Å². The molecule has 1 aliphatic carbocycles. The van der Waals surface area contributed by atoms with Gasteiger partial charge in [0.1, 0.15) is 11.1 Å². The van der Waals surface area contributed by atoms with Crippen molar-refractivity contribution in [3.63, 3.8) is 0 Å². The molecule has 2 aliphatic heterocycles. The molecule has 2 unspecified atom stereocenters. The van der Waals surface area contributed by atoms with E-state index in [0.717, 1.165) is 17.3 Å². The number of aliphatic hydroxyl groups is 1. The highest BCUT2D eigenvalue weighted by atomic mass is 35.5. The Labute approximate surface area is 216 Å². The Morgan fingerprint density at radius 2 is 2.11 bits per heavy atom. The number of pyridine rings is 1. The van der Waals surface area contributed by atoms with E-state index in [1.54, 1.807) is 11.6 Å². The number of anilines is 4. The number of aryl methyl sites for hydroxylation is 1. The zero-order valence-corrected chi connectivity index (χ0v) is 20.9. The molecular formula is C25H27ClF2N6O3. The molecule has 9 nitrogen and oxygen atoms in total. The highest BCUT2D eigenvalue weighted by Gasteiger charge is 2.43. The number of aliphatic hydroxyl groups excluding tert-OH is 1. The molecule has 4 heterocycles. The summed E-state index contributed by atoms with van der Waals surface area (Å²) in [5.41, 5.74) is 1.91. The number of alkyl halides is 2. The Morgan fingerprint density at radius 1 is 1.30 bits per heavy atom. The van der Waals surface area contributed by atoms with Crippen molar-refractivity contribution in [2.45, 2.75) is 43.8 Å². The lowest BCUT2D eigenvalue weighted by Gasteiger charge is -2.35. The largest absolute Gasteiger partial charge is 0.486 e. The molecule has 196 valence electrons. The summed E-state index contributed by atoms with van der Waals surface area (Å²) in [7, 11) is 1.72. The molecule has 2 aromatic heterocycles. The van der Waals surface area contributed by atoms with Gasteiger partial charge in [0.05, 0.1) is 30.6 Å². The number of benzene rings is 1. The van der Waals surface area contributed by atoms with Crippen LogP contribution in [0, 0.1) is 5.92 Å². The number of halogens is 3. The Kier molecular flexibility index (Phi) is 5.87. The van der Waals surface area contributed by atoms with E-state index in [4.69, 9.17) is 16.3 Å². The van der Waals surface area contributed by atoms with E-state index in [1.165, 1.54) is 23.9 Å². The lowest BCUT2D eigenvalue weighted by Crippen LogP contribution is -2.51. The zero-order valence-electron chi connectivity index (χ0n) is 20.2. The molecule has 3 aromatic rings. The quantitative estimate of drug-likeness (QED) is 0.465. The minimum Gasteiger partial charge on any atom is -0.486 e. The topological polar surface area (TPSA) is 105 Å². The van der Waals surface area contributed by atoms with Gasteiger partial charge in [0.2, 0.25) is 11.7 Å². The van der Waals surface area contributed by atoms with Gasteiger partial charge in [-0.1, -0.05) is 11.6 Å². The average molecular weight is 533 g/mol. The summed E-state index contributed by atoms with van der Waals surface area (Å²) in [6, 6.07) is 5.81. The number of aromatic nitrogens is 3. The zero-order chi connectivity index (χ0) is 25.9. The van der Waals surface area contributed by atoms with Crippen molar-refractivity contribution in [1.29, 1.82) is 0 Å². The third-order valence-corrected chi connectivity index (χ3v) is 7.70. The van der Waals surface area contributed by atoms with Crippen molar-refractivity contribution in [2.75, 3.05) is 35.2 Å². The summed E-state index contributed by atoms with van der Waals surface area (Å²) in [6.45, 7) is 0.212. The maximum atomic E-state index is 13.7. The number of hydrogen-bond donors (Lipinski definition) is 3. The molecule has 2 atom stereocenters. The van der Waals surface area contributed by atoms with Crippen LogP contribution in [0.5, 0.6) is 5.75 Å². The molecule has 12 heteroatoms. The predicted molar refractivity (Wildman–Crippen MR) is 138 cm³/mol. The first-order valence-electron chi connectivity index (χ1n) is 12.4. The van der Waals surface area contributed by atoms with Crippen LogP contribution in [0.2, 0.25) is 5.02 Å². The highest BCUT2D eigenvalue weighted by Crippen LogP contribution is 2.41. The van der Waals surface area contributed by atoms with Crippen molar-refractivity contribution >= 4 is 45.6 Å². The molecule has 2 fully saturated rings. The van der Waals surface area contributed by atoms with Gasteiger partial charge in [-0.25, -0.2) is 13.8 Å². The van der Waals surface area contributed by atoms with Crippen molar-refractivity contribution in [3.05, 3.63) is 39.8 Å². The number of hydrogen-bond acceptors (Lipinski definition) is 8. The lowest BCUT2D eigenvalue weighted by molar-refractivity contribution is -0.118. The van der Waals surface area contributed by atoms with E-state index >= 15 is 0 Å². The molecule has 3 N–H and O–H groups in total. The standard InChI is InChI=1S/C25H27ClF2N6O3/c1-33-18-5-4-14(10-15(18)20-21(23(33)36)37-9-6-17(31-20)13-2-3-13)30-22-16(26)11-29-24(32-22)34-8-7-25(27,28)19(35)12-34/h4-5,10-11,13,17,19,31,35H,2-3,6-9,12H2,1H3,(H,29,30,32). The number of fused-ring (bicyclic) bond motifs is 3. The van der Waals surface area contributed by atoms with Gasteiger partial charge in [-0.05, 0) is 37.0 Å². The monoisotopic (exact) mass is 532 g/mol. The number of piperidine rings is 1. The van der Waals surface area contributed by atoms with Crippen LogP contribution in [0.4, 0.5) is 31.9 Å². The third-order valence-electron chi connectivity index (χ3n) is 7.42. The minimum absolute atomic E-state index is 0.00903. The fraction of sp³-hybridized carbons (Fsp3) is 0.480. The van der Waals surface area contributed by atoms with Crippen molar-refractivity contribution in [3.8, 4) is 5.75 Å². The molecule has 37 heavy (non-hydrogen) atoms. The van der Waals surface area contributed by atoms with Crippen molar-refractivity contribution in [2.24, 2.45) is 13.0 Å². The molecule has 3 aliphatic rings. The molecule has 1 aromatic carbocycles. The summed E-state index contributed by atoms with van der Waals surface area (Å²) in [5, 5.41) is 17.7.